The van der Waals surface area contributed by atoms with Crippen molar-refractivity contribution in [3.05, 3.63) is 58.9 Å². The van der Waals surface area contributed by atoms with Gasteiger partial charge in [0.1, 0.15) is 0 Å². The largest absolute Gasteiger partial charge is 0.448 e. The average Bonchev–Trinajstić information content (AvgIpc) is 2.42. The fraction of sp³-hybridized carbons (Fsp3) is 0.143. The van der Waals surface area contributed by atoms with Crippen molar-refractivity contribution in [2.75, 3.05) is 0 Å². The van der Waals surface area contributed by atoms with Crippen molar-refractivity contribution in [3.63, 3.8) is 0 Å². The van der Waals surface area contributed by atoms with E-state index in [2.05, 4.69) is 4.74 Å². The lowest BCUT2D eigenvalue weighted by Crippen LogP contribution is -2.08. The zero-order valence-electron chi connectivity index (χ0n) is 11.2. The molecular formula is C14H5F9O. The van der Waals surface area contributed by atoms with Crippen LogP contribution in [0.5, 0.6) is 11.5 Å². The molecule has 130 valence electrons. The lowest BCUT2D eigenvalue weighted by molar-refractivity contribution is -0.138. The van der Waals surface area contributed by atoms with Gasteiger partial charge < -0.3 is 4.74 Å². The summed E-state index contributed by atoms with van der Waals surface area (Å²) in [4.78, 5) is 0. The highest BCUT2D eigenvalue weighted by Gasteiger charge is 2.34. The Hall–Kier alpha value is -2.39. The van der Waals surface area contributed by atoms with Gasteiger partial charge in [-0.05, 0) is 30.3 Å². The summed E-state index contributed by atoms with van der Waals surface area (Å²) in [6.45, 7) is 0. The molecule has 24 heavy (non-hydrogen) atoms. The standard InChI is InChI=1S/C14H5F9O/c15-8-2-1-6(13(18,19)20)5-11(8)24-12-9(16)3-7(4-10(12)17)14(21,22)23/h1-5H. The van der Waals surface area contributed by atoms with Gasteiger partial charge in [-0.25, -0.2) is 13.2 Å². The Morgan fingerprint density at radius 3 is 1.58 bits per heavy atom. The van der Waals surface area contributed by atoms with Crippen LogP contribution in [-0.2, 0) is 12.4 Å². The first-order valence-corrected chi connectivity index (χ1v) is 6.00. The summed E-state index contributed by atoms with van der Waals surface area (Å²) in [6.07, 6.45) is -9.94. The minimum Gasteiger partial charge on any atom is -0.448 e. The van der Waals surface area contributed by atoms with E-state index in [1.165, 1.54) is 0 Å². The van der Waals surface area contributed by atoms with Crippen molar-refractivity contribution in [2.24, 2.45) is 0 Å². The summed E-state index contributed by atoms with van der Waals surface area (Å²) in [5, 5.41) is 0. The molecule has 0 saturated heterocycles. The molecule has 0 aliphatic rings. The molecule has 0 N–H and O–H groups in total. The predicted molar refractivity (Wildman–Crippen MR) is 62.8 cm³/mol. The fourth-order valence-corrected chi connectivity index (χ4v) is 1.69. The predicted octanol–water partition coefficient (Wildman–Crippen LogP) is 5.93. The molecule has 0 saturated carbocycles. The van der Waals surface area contributed by atoms with Crippen LogP contribution in [0.25, 0.3) is 0 Å². The third-order valence-electron chi connectivity index (χ3n) is 2.80. The van der Waals surface area contributed by atoms with Crippen LogP contribution in [0.15, 0.2) is 30.3 Å². The molecule has 2 aromatic carbocycles. The lowest BCUT2D eigenvalue weighted by Gasteiger charge is -2.13. The fourth-order valence-electron chi connectivity index (χ4n) is 1.69. The van der Waals surface area contributed by atoms with Gasteiger partial charge in [0, 0.05) is 0 Å². The Kier molecular flexibility index (Phi) is 4.42. The third kappa shape index (κ3) is 3.74. The van der Waals surface area contributed by atoms with Crippen LogP contribution in [-0.4, -0.2) is 0 Å². The first kappa shape index (κ1) is 18.0. The summed E-state index contributed by atoms with van der Waals surface area (Å²) in [7, 11) is 0. The molecular weight excluding hydrogens is 355 g/mol. The molecule has 2 aromatic rings. The van der Waals surface area contributed by atoms with Gasteiger partial charge >= 0.3 is 12.4 Å². The summed E-state index contributed by atoms with van der Waals surface area (Å²) >= 11 is 0. The van der Waals surface area contributed by atoms with Gasteiger partial charge in [-0.15, -0.1) is 0 Å². The van der Waals surface area contributed by atoms with Gasteiger partial charge in [-0.2, -0.15) is 26.3 Å². The van der Waals surface area contributed by atoms with Crippen molar-refractivity contribution < 1.29 is 44.3 Å². The van der Waals surface area contributed by atoms with Crippen LogP contribution in [0.4, 0.5) is 39.5 Å². The maximum Gasteiger partial charge on any atom is 0.416 e. The number of ether oxygens (including phenoxy) is 1. The summed E-state index contributed by atoms with van der Waals surface area (Å²) in [6, 6.07) is 0.597. The van der Waals surface area contributed by atoms with E-state index in [-0.39, 0.29) is 18.2 Å². The molecule has 0 amide bonds. The minimum atomic E-state index is -5.05. The number of hydrogen-bond donors (Lipinski definition) is 0. The number of rotatable bonds is 2. The van der Waals surface area contributed by atoms with Gasteiger partial charge in [0.2, 0.25) is 0 Å². The molecule has 0 unspecified atom stereocenters. The van der Waals surface area contributed by atoms with Gasteiger partial charge in [-0.3, -0.25) is 0 Å². The zero-order chi connectivity index (χ0) is 18.3. The van der Waals surface area contributed by atoms with Crippen LogP contribution in [0.2, 0.25) is 0 Å². The molecule has 0 spiro atoms. The molecule has 0 aliphatic heterocycles. The molecule has 0 aliphatic carbocycles. The first-order chi connectivity index (χ1) is 10.9. The van der Waals surface area contributed by atoms with Crippen molar-refractivity contribution in [3.8, 4) is 11.5 Å². The van der Waals surface area contributed by atoms with E-state index >= 15 is 0 Å². The smallest absolute Gasteiger partial charge is 0.416 e. The number of alkyl halides is 6. The molecule has 0 radical (unpaired) electrons. The Morgan fingerprint density at radius 1 is 0.625 bits per heavy atom. The van der Waals surface area contributed by atoms with Gasteiger partial charge in [0.05, 0.1) is 11.1 Å². The average molecular weight is 360 g/mol. The van der Waals surface area contributed by atoms with Gasteiger partial charge in [0.15, 0.2) is 29.0 Å². The van der Waals surface area contributed by atoms with E-state index in [4.69, 9.17) is 0 Å². The summed E-state index contributed by atoms with van der Waals surface area (Å²) in [5.41, 5.74) is -3.04. The lowest BCUT2D eigenvalue weighted by atomic mass is 10.2. The van der Waals surface area contributed by atoms with Crippen LogP contribution in [0.1, 0.15) is 11.1 Å². The highest BCUT2D eigenvalue weighted by atomic mass is 19.4. The Balaban J connectivity index is 2.46. The second-order valence-electron chi connectivity index (χ2n) is 4.51. The molecule has 10 heteroatoms. The second-order valence-corrected chi connectivity index (χ2v) is 4.51. The highest BCUT2D eigenvalue weighted by Crippen LogP contribution is 2.38. The summed E-state index contributed by atoms with van der Waals surface area (Å²) < 4.78 is 120. The monoisotopic (exact) mass is 360 g/mol. The van der Waals surface area contributed by atoms with Crippen molar-refractivity contribution >= 4 is 0 Å². The Morgan fingerprint density at radius 2 is 1.12 bits per heavy atom. The van der Waals surface area contributed by atoms with Crippen molar-refractivity contribution in [2.45, 2.75) is 12.4 Å². The third-order valence-corrected chi connectivity index (χ3v) is 2.80. The number of halogens is 9. The number of hydrogen-bond acceptors (Lipinski definition) is 1. The van der Waals surface area contributed by atoms with Gasteiger partial charge in [0.25, 0.3) is 0 Å². The first-order valence-electron chi connectivity index (χ1n) is 6.00. The van der Waals surface area contributed by atoms with E-state index in [1.54, 1.807) is 0 Å². The molecule has 1 nitrogen and oxygen atoms in total. The van der Waals surface area contributed by atoms with E-state index in [0.29, 0.717) is 12.1 Å². The number of benzene rings is 2. The quantitative estimate of drug-likeness (QED) is 0.603. The zero-order valence-corrected chi connectivity index (χ0v) is 11.2. The van der Waals surface area contributed by atoms with Crippen LogP contribution in [0, 0.1) is 17.5 Å². The van der Waals surface area contributed by atoms with Crippen molar-refractivity contribution in [1.29, 1.82) is 0 Å². The van der Waals surface area contributed by atoms with E-state index < -0.39 is 52.4 Å². The normalized spacial score (nSPS) is 12.4. The molecule has 0 fully saturated rings. The van der Waals surface area contributed by atoms with Crippen LogP contribution >= 0.6 is 0 Å². The topological polar surface area (TPSA) is 9.23 Å². The molecule has 0 aromatic heterocycles. The van der Waals surface area contributed by atoms with E-state index in [0.717, 1.165) is 0 Å². The SMILES string of the molecule is Fc1ccc(C(F)(F)F)cc1Oc1c(F)cc(C(F)(F)F)cc1F. The molecule has 2 rings (SSSR count). The van der Waals surface area contributed by atoms with Crippen LogP contribution < -0.4 is 4.74 Å². The molecule has 0 heterocycles. The Bertz CT molecular complexity index is 739. The second kappa shape index (κ2) is 5.91. The van der Waals surface area contributed by atoms with Crippen LogP contribution in [0.3, 0.4) is 0 Å². The Labute approximate surface area is 128 Å². The van der Waals surface area contributed by atoms with Gasteiger partial charge in [-0.1, -0.05) is 0 Å². The molecule has 0 bridgehead atoms. The highest BCUT2D eigenvalue weighted by molar-refractivity contribution is 5.39. The maximum absolute atomic E-state index is 13.6. The summed E-state index contributed by atoms with van der Waals surface area (Å²) in [5.74, 6) is -7.73. The molecule has 0 atom stereocenters. The maximum atomic E-state index is 13.6. The van der Waals surface area contributed by atoms with E-state index in [1.807, 2.05) is 0 Å². The van der Waals surface area contributed by atoms with Crippen molar-refractivity contribution in [1.82, 2.24) is 0 Å². The minimum absolute atomic E-state index is 0.121. The van der Waals surface area contributed by atoms with E-state index in [9.17, 15) is 39.5 Å².